The van der Waals surface area contributed by atoms with Crippen LogP contribution in [0.4, 0.5) is 0 Å². The van der Waals surface area contributed by atoms with Crippen LogP contribution in [0.25, 0.3) is 0 Å². The zero-order valence-corrected chi connectivity index (χ0v) is 9.16. The molecular formula is C11H16N2O2. The van der Waals surface area contributed by atoms with Gasteiger partial charge in [0.25, 0.3) is 0 Å². The van der Waals surface area contributed by atoms with Crippen molar-refractivity contribution in [1.82, 2.24) is 9.55 Å². The molecule has 1 aliphatic carbocycles. The highest BCUT2D eigenvalue weighted by molar-refractivity contribution is 5.86. The van der Waals surface area contributed by atoms with Crippen molar-refractivity contribution in [1.29, 1.82) is 0 Å². The maximum absolute atomic E-state index is 10.9. The lowest BCUT2D eigenvalue weighted by Crippen LogP contribution is -2.09. The normalized spacial score (nSPS) is 17.2. The summed E-state index contributed by atoms with van der Waals surface area (Å²) in [6, 6.07) is 0.464. The van der Waals surface area contributed by atoms with Gasteiger partial charge in [0.2, 0.25) is 0 Å². The fourth-order valence-corrected chi connectivity index (χ4v) is 2.56. The molecule has 0 spiro atoms. The van der Waals surface area contributed by atoms with Gasteiger partial charge in [-0.15, -0.1) is 0 Å². The molecular weight excluding hydrogens is 192 g/mol. The summed E-state index contributed by atoms with van der Waals surface area (Å²) >= 11 is 0. The molecule has 4 heteroatoms. The minimum Gasteiger partial charge on any atom is -0.476 e. The van der Waals surface area contributed by atoms with E-state index in [0.29, 0.717) is 6.04 Å². The number of carboxylic acid groups (broad SMARTS) is 1. The lowest BCUT2D eigenvalue weighted by Gasteiger charge is -2.15. The van der Waals surface area contributed by atoms with Crippen LogP contribution in [0.2, 0.25) is 0 Å². The van der Waals surface area contributed by atoms with Crippen LogP contribution in [0.5, 0.6) is 0 Å². The van der Waals surface area contributed by atoms with Crippen molar-refractivity contribution in [2.45, 2.75) is 45.6 Å². The summed E-state index contributed by atoms with van der Waals surface area (Å²) < 4.78 is 2.09. The Morgan fingerprint density at radius 2 is 2.00 bits per heavy atom. The number of nitrogens with zero attached hydrogens (tertiary/aromatic N) is 2. The summed E-state index contributed by atoms with van der Waals surface area (Å²) in [4.78, 5) is 15.0. The quantitative estimate of drug-likeness (QED) is 0.811. The van der Waals surface area contributed by atoms with Gasteiger partial charge in [0.1, 0.15) is 5.82 Å². The van der Waals surface area contributed by atoms with Gasteiger partial charge in [0, 0.05) is 11.7 Å². The number of aromatic nitrogens is 2. The molecule has 0 bridgehead atoms. The molecule has 1 fully saturated rings. The molecule has 1 aromatic heterocycles. The summed E-state index contributed by atoms with van der Waals surface area (Å²) in [6.45, 7) is 3.74. The Morgan fingerprint density at radius 3 is 2.47 bits per heavy atom. The van der Waals surface area contributed by atoms with Gasteiger partial charge in [0.15, 0.2) is 5.69 Å². The number of aromatic carboxylic acids is 1. The zero-order chi connectivity index (χ0) is 11.0. The molecule has 1 aliphatic rings. The van der Waals surface area contributed by atoms with E-state index in [2.05, 4.69) is 9.55 Å². The highest BCUT2D eigenvalue weighted by Crippen LogP contribution is 2.32. The van der Waals surface area contributed by atoms with E-state index in [9.17, 15) is 4.79 Å². The van der Waals surface area contributed by atoms with E-state index in [1.54, 1.807) is 0 Å². The molecule has 1 heterocycles. The number of rotatable bonds is 2. The Morgan fingerprint density at radius 1 is 1.40 bits per heavy atom. The third-order valence-corrected chi connectivity index (χ3v) is 3.22. The first-order chi connectivity index (χ1) is 7.11. The molecule has 82 valence electrons. The number of aryl methyl sites for hydroxylation is 1. The van der Waals surface area contributed by atoms with Crippen LogP contribution in [0.1, 0.15) is 53.7 Å². The van der Waals surface area contributed by atoms with E-state index in [1.165, 1.54) is 12.8 Å². The first-order valence-corrected chi connectivity index (χ1v) is 5.40. The van der Waals surface area contributed by atoms with Crippen molar-refractivity contribution in [3.8, 4) is 0 Å². The SMILES string of the molecule is Cc1nc(C(=O)O)c(C)n1C1CCCC1. The molecule has 2 rings (SSSR count). The molecule has 0 radical (unpaired) electrons. The van der Waals surface area contributed by atoms with Crippen molar-refractivity contribution >= 4 is 5.97 Å². The van der Waals surface area contributed by atoms with Crippen LogP contribution in [0.15, 0.2) is 0 Å². The highest BCUT2D eigenvalue weighted by atomic mass is 16.4. The Labute approximate surface area is 88.9 Å². The predicted octanol–water partition coefficient (Wildman–Crippen LogP) is 2.31. The number of imidazole rings is 1. The predicted molar refractivity (Wildman–Crippen MR) is 56.2 cm³/mol. The summed E-state index contributed by atoms with van der Waals surface area (Å²) in [6.07, 6.45) is 4.78. The van der Waals surface area contributed by atoms with Gasteiger partial charge < -0.3 is 9.67 Å². The molecule has 4 nitrogen and oxygen atoms in total. The summed E-state index contributed by atoms with van der Waals surface area (Å²) in [7, 11) is 0. The fourth-order valence-electron chi connectivity index (χ4n) is 2.56. The van der Waals surface area contributed by atoms with E-state index in [4.69, 9.17) is 5.11 Å². The molecule has 0 unspecified atom stereocenters. The van der Waals surface area contributed by atoms with Gasteiger partial charge in [-0.2, -0.15) is 0 Å². The topological polar surface area (TPSA) is 55.1 Å². The van der Waals surface area contributed by atoms with Crippen molar-refractivity contribution in [2.75, 3.05) is 0 Å². The Balaban J connectivity index is 2.42. The van der Waals surface area contributed by atoms with Crippen LogP contribution < -0.4 is 0 Å². The van der Waals surface area contributed by atoms with Crippen molar-refractivity contribution in [3.63, 3.8) is 0 Å². The third-order valence-electron chi connectivity index (χ3n) is 3.22. The van der Waals surface area contributed by atoms with Crippen LogP contribution >= 0.6 is 0 Å². The average molecular weight is 208 g/mol. The standard InChI is InChI=1S/C11H16N2O2/c1-7-10(11(14)15)12-8(2)13(7)9-5-3-4-6-9/h9H,3-6H2,1-2H3,(H,14,15). The first kappa shape index (κ1) is 10.2. The molecule has 0 aromatic carbocycles. The summed E-state index contributed by atoms with van der Waals surface area (Å²) in [5.41, 5.74) is 1.01. The number of hydrogen-bond acceptors (Lipinski definition) is 2. The number of carboxylic acids is 1. The van der Waals surface area contributed by atoms with Crippen molar-refractivity contribution < 1.29 is 9.90 Å². The van der Waals surface area contributed by atoms with Gasteiger partial charge in [-0.05, 0) is 26.7 Å². The molecule has 15 heavy (non-hydrogen) atoms. The van der Waals surface area contributed by atoms with E-state index in [-0.39, 0.29) is 5.69 Å². The number of carbonyl (C=O) groups is 1. The Hall–Kier alpha value is -1.32. The minimum absolute atomic E-state index is 0.208. The van der Waals surface area contributed by atoms with Crippen molar-refractivity contribution in [2.24, 2.45) is 0 Å². The maximum atomic E-state index is 10.9. The highest BCUT2D eigenvalue weighted by Gasteiger charge is 2.24. The lowest BCUT2D eigenvalue weighted by molar-refractivity contribution is 0.0690. The zero-order valence-electron chi connectivity index (χ0n) is 9.16. The maximum Gasteiger partial charge on any atom is 0.356 e. The van der Waals surface area contributed by atoms with Gasteiger partial charge in [0.05, 0.1) is 0 Å². The lowest BCUT2D eigenvalue weighted by atomic mass is 10.2. The van der Waals surface area contributed by atoms with E-state index < -0.39 is 5.97 Å². The first-order valence-electron chi connectivity index (χ1n) is 5.40. The smallest absolute Gasteiger partial charge is 0.356 e. The summed E-state index contributed by atoms with van der Waals surface area (Å²) in [5, 5.41) is 8.97. The van der Waals surface area contributed by atoms with E-state index in [0.717, 1.165) is 24.4 Å². The molecule has 1 N–H and O–H groups in total. The van der Waals surface area contributed by atoms with Gasteiger partial charge >= 0.3 is 5.97 Å². The fraction of sp³-hybridized carbons (Fsp3) is 0.636. The Bertz CT molecular complexity index is 390. The largest absolute Gasteiger partial charge is 0.476 e. The average Bonchev–Trinajstić information content (AvgIpc) is 2.73. The number of hydrogen-bond donors (Lipinski definition) is 1. The van der Waals surface area contributed by atoms with Crippen molar-refractivity contribution in [3.05, 3.63) is 17.2 Å². The molecule has 0 saturated heterocycles. The summed E-state index contributed by atoms with van der Waals surface area (Å²) in [5.74, 6) is -0.0934. The van der Waals surface area contributed by atoms with Crippen LogP contribution in [0.3, 0.4) is 0 Å². The second kappa shape index (κ2) is 3.68. The second-order valence-corrected chi connectivity index (χ2v) is 4.21. The molecule has 1 saturated carbocycles. The Kier molecular flexibility index (Phi) is 2.50. The van der Waals surface area contributed by atoms with Crippen LogP contribution in [-0.4, -0.2) is 20.6 Å². The molecule has 0 atom stereocenters. The van der Waals surface area contributed by atoms with Gasteiger partial charge in [-0.3, -0.25) is 0 Å². The monoisotopic (exact) mass is 208 g/mol. The molecule has 1 aromatic rings. The minimum atomic E-state index is -0.924. The second-order valence-electron chi connectivity index (χ2n) is 4.21. The third kappa shape index (κ3) is 1.64. The molecule has 0 aliphatic heterocycles. The van der Waals surface area contributed by atoms with E-state index in [1.807, 2.05) is 13.8 Å². The molecule has 0 amide bonds. The van der Waals surface area contributed by atoms with Gasteiger partial charge in [-0.1, -0.05) is 12.8 Å². The van der Waals surface area contributed by atoms with Crippen LogP contribution in [0, 0.1) is 13.8 Å². The van der Waals surface area contributed by atoms with Gasteiger partial charge in [-0.25, -0.2) is 9.78 Å². The van der Waals surface area contributed by atoms with Crippen LogP contribution in [-0.2, 0) is 0 Å². The van der Waals surface area contributed by atoms with E-state index >= 15 is 0 Å².